The van der Waals surface area contributed by atoms with Gasteiger partial charge in [-0.05, 0) is 46.3 Å². The maximum atomic E-state index is 5.27. The van der Waals surface area contributed by atoms with Crippen molar-refractivity contribution in [3.63, 3.8) is 0 Å². The Hall–Kier alpha value is -3.74. The first kappa shape index (κ1) is 19.9. The van der Waals surface area contributed by atoms with E-state index in [0.29, 0.717) is 0 Å². The minimum absolute atomic E-state index is 0.160. The van der Waals surface area contributed by atoms with Crippen LogP contribution in [0.15, 0.2) is 138 Å². The van der Waals surface area contributed by atoms with Crippen LogP contribution >= 0.6 is 7.92 Å². The zero-order valence-corrected chi connectivity index (χ0v) is 19.0. The van der Waals surface area contributed by atoms with Gasteiger partial charge in [0.25, 0.3) is 0 Å². The summed E-state index contributed by atoms with van der Waals surface area (Å²) < 4.78 is 0. The lowest BCUT2D eigenvalue weighted by Crippen LogP contribution is -2.27. The lowest BCUT2D eigenvalue weighted by molar-refractivity contribution is 0.922. The molecule has 6 rings (SSSR count). The number of anilines is 1. The molecule has 0 saturated carbocycles. The minimum Gasteiger partial charge on any atom is -0.252 e. The van der Waals surface area contributed by atoms with Crippen LogP contribution in [-0.4, -0.2) is 11.2 Å². The monoisotopic (exact) mass is 442 g/mol. The smallest absolute Gasteiger partial charge is 0.107 e. The van der Waals surface area contributed by atoms with Gasteiger partial charge in [-0.25, -0.2) is 0 Å². The largest absolute Gasteiger partial charge is 0.252 e. The van der Waals surface area contributed by atoms with E-state index in [1.807, 2.05) is 0 Å². The van der Waals surface area contributed by atoms with Crippen molar-refractivity contribution in [2.24, 2.45) is 5.10 Å². The van der Waals surface area contributed by atoms with Gasteiger partial charge >= 0.3 is 0 Å². The van der Waals surface area contributed by atoms with Gasteiger partial charge in [0.2, 0.25) is 0 Å². The highest BCUT2D eigenvalue weighted by Crippen LogP contribution is 2.61. The molecule has 2 atom stereocenters. The summed E-state index contributed by atoms with van der Waals surface area (Å²) >= 11 is 0. The summed E-state index contributed by atoms with van der Waals surface area (Å²) in [5, 5.41) is 7.51. The molecule has 3 heteroatoms. The highest BCUT2D eigenvalue weighted by Gasteiger charge is 2.42. The van der Waals surface area contributed by atoms with E-state index < -0.39 is 7.92 Å². The standard InChI is InChI=1S/C30H23N2P/c1-5-13-23(14-6-1)26-21-28(24-15-7-2-8-16-24)30-32(27-19-11-4-12-20-27)31-29(33(30)22-26)25-17-9-3-10-18-25/h1-22,30H. The molecule has 158 valence electrons. The number of rotatable bonds is 4. The molecule has 0 aliphatic carbocycles. The average Bonchev–Trinajstić information content (AvgIpc) is 3.30. The van der Waals surface area contributed by atoms with E-state index in [9.17, 15) is 0 Å². The van der Waals surface area contributed by atoms with Gasteiger partial charge in [0, 0.05) is 13.5 Å². The van der Waals surface area contributed by atoms with E-state index in [0.717, 1.165) is 5.69 Å². The highest BCUT2D eigenvalue weighted by atomic mass is 31.1. The molecular weight excluding hydrogens is 419 g/mol. The normalized spacial score (nSPS) is 19.4. The van der Waals surface area contributed by atoms with Crippen LogP contribution in [0, 0.1) is 0 Å². The molecule has 2 aliphatic rings. The third-order valence-electron chi connectivity index (χ3n) is 6.08. The Kier molecular flexibility index (Phi) is 5.22. The van der Waals surface area contributed by atoms with Crippen molar-refractivity contribution in [1.82, 2.24) is 0 Å². The zero-order chi connectivity index (χ0) is 22.0. The summed E-state index contributed by atoms with van der Waals surface area (Å²) in [6.07, 6.45) is 2.37. The second-order valence-electron chi connectivity index (χ2n) is 8.17. The Morgan fingerprint density at radius 3 is 1.70 bits per heavy atom. The second-order valence-corrected chi connectivity index (χ2v) is 10.2. The number of para-hydroxylation sites is 1. The fourth-order valence-electron chi connectivity index (χ4n) is 4.51. The minimum atomic E-state index is -0.703. The van der Waals surface area contributed by atoms with Crippen LogP contribution in [0.1, 0.15) is 16.7 Å². The Morgan fingerprint density at radius 2 is 1.09 bits per heavy atom. The predicted molar refractivity (Wildman–Crippen MR) is 141 cm³/mol. The summed E-state index contributed by atoms with van der Waals surface area (Å²) in [5.74, 6) is 2.63. The van der Waals surface area contributed by atoms with Crippen LogP contribution in [0.3, 0.4) is 0 Å². The van der Waals surface area contributed by atoms with Gasteiger partial charge in [-0.3, -0.25) is 5.01 Å². The molecule has 4 aromatic rings. The summed E-state index contributed by atoms with van der Waals surface area (Å²) in [6.45, 7) is 0. The van der Waals surface area contributed by atoms with Gasteiger partial charge in [0.05, 0.1) is 11.1 Å². The fraction of sp³-hybridized carbons (Fsp3) is 0.0333. The number of allylic oxidation sites excluding steroid dienone is 2. The molecule has 0 amide bonds. The number of nitrogens with zero attached hydrogens (tertiary/aromatic N) is 2. The molecule has 2 unspecified atom stereocenters. The number of hydrazone groups is 1. The maximum absolute atomic E-state index is 5.27. The second kappa shape index (κ2) is 8.65. The number of hydrogen-bond donors (Lipinski definition) is 0. The van der Waals surface area contributed by atoms with Crippen LogP contribution < -0.4 is 5.01 Å². The zero-order valence-electron chi connectivity index (χ0n) is 18.1. The van der Waals surface area contributed by atoms with Crippen LogP contribution in [0.2, 0.25) is 0 Å². The van der Waals surface area contributed by atoms with Crippen LogP contribution in [0.25, 0.3) is 11.1 Å². The van der Waals surface area contributed by atoms with Crippen molar-refractivity contribution in [2.75, 3.05) is 5.01 Å². The van der Waals surface area contributed by atoms with Crippen molar-refractivity contribution in [3.8, 4) is 0 Å². The van der Waals surface area contributed by atoms with Crippen LogP contribution in [-0.2, 0) is 0 Å². The van der Waals surface area contributed by atoms with Crippen molar-refractivity contribution in [1.29, 1.82) is 0 Å². The predicted octanol–water partition coefficient (Wildman–Crippen LogP) is 7.81. The molecule has 0 bridgehead atoms. The Bertz CT molecular complexity index is 1340. The molecule has 0 N–H and O–H groups in total. The van der Waals surface area contributed by atoms with Gasteiger partial charge in [-0.1, -0.05) is 109 Å². The van der Waals surface area contributed by atoms with Crippen LogP contribution in [0.5, 0.6) is 0 Å². The molecule has 2 heterocycles. The van der Waals surface area contributed by atoms with Gasteiger partial charge in [0.1, 0.15) is 5.78 Å². The van der Waals surface area contributed by atoms with Crippen molar-refractivity contribution in [3.05, 3.63) is 150 Å². The average molecular weight is 443 g/mol. The molecule has 0 fully saturated rings. The van der Waals surface area contributed by atoms with E-state index in [1.165, 1.54) is 33.3 Å². The molecular formula is C30H23N2P. The maximum Gasteiger partial charge on any atom is 0.107 e. The molecule has 0 saturated heterocycles. The van der Waals surface area contributed by atoms with Gasteiger partial charge in [-0.2, -0.15) is 5.10 Å². The fourth-order valence-corrected chi connectivity index (χ4v) is 7.12. The molecule has 2 nitrogen and oxygen atoms in total. The Balaban J connectivity index is 1.56. The summed E-state index contributed by atoms with van der Waals surface area (Å²) in [4.78, 5) is 0. The number of benzene rings is 4. The number of fused-ring (bicyclic) bond motifs is 1. The van der Waals surface area contributed by atoms with Gasteiger partial charge in [-0.15, -0.1) is 0 Å². The van der Waals surface area contributed by atoms with E-state index >= 15 is 0 Å². The summed E-state index contributed by atoms with van der Waals surface area (Å²) in [5.41, 5.74) is 8.59. The quantitative estimate of drug-likeness (QED) is 0.294. The summed E-state index contributed by atoms with van der Waals surface area (Å²) in [7, 11) is -0.703. The number of hydrogen-bond acceptors (Lipinski definition) is 2. The first-order chi connectivity index (χ1) is 16.4. The highest BCUT2D eigenvalue weighted by molar-refractivity contribution is 7.80. The van der Waals surface area contributed by atoms with Gasteiger partial charge in [0.15, 0.2) is 0 Å². The molecule has 0 aromatic heterocycles. The van der Waals surface area contributed by atoms with Crippen molar-refractivity contribution < 1.29 is 0 Å². The van der Waals surface area contributed by atoms with Crippen molar-refractivity contribution in [2.45, 2.75) is 5.78 Å². The van der Waals surface area contributed by atoms with Gasteiger partial charge < -0.3 is 0 Å². The van der Waals surface area contributed by atoms with Crippen LogP contribution in [0.4, 0.5) is 5.69 Å². The van der Waals surface area contributed by atoms with E-state index in [2.05, 4.69) is 138 Å². The third-order valence-corrected chi connectivity index (χ3v) is 8.49. The lowest BCUT2D eigenvalue weighted by atomic mass is 9.99. The van der Waals surface area contributed by atoms with Crippen molar-refractivity contribution >= 4 is 30.2 Å². The first-order valence-corrected chi connectivity index (χ1v) is 12.7. The topological polar surface area (TPSA) is 15.6 Å². The van der Waals surface area contributed by atoms with E-state index in [4.69, 9.17) is 5.10 Å². The summed E-state index contributed by atoms with van der Waals surface area (Å²) in [6, 6.07) is 42.7. The SMILES string of the molecule is C1=C(c2ccccc2)C=C(c2ccccc2)C2N(c3ccccc3)N=C(c3ccccc3)P12. The molecule has 0 radical (unpaired) electrons. The van der Waals surface area contributed by atoms with E-state index in [1.54, 1.807) is 0 Å². The molecule has 33 heavy (non-hydrogen) atoms. The Morgan fingerprint density at radius 1 is 0.576 bits per heavy atom. The third kappa shape index (κ3) is 3.73. The van der Waals surface area contributed by atoms with E-state index in [-0.39, 0.29) is 5.78 Å². The molecule has 4 aromatic carbocycles. The lowest BCUT2D eigenvalue weighted by Gasteiger charge is -2.32. The molecule has 0 spiro atoms. The first-order valence-electron chi connectivity index (χ1n) is 11.2. The Labute approximate surface area is 196 Å². The molecule has 2 aliphatic heterocycles.